The monoisotopic (exact) mass is 347 g/mol. The molecule has 3 N–H and O–H groups in total. The van der Waals surface area contributed by atoms with Gasteiger partial charge in [0.1, 0.15) is 6.61 Å². The summed E-state index contributed by atoms with van der Waals surface area (Å²) in [5.41, 5.74) is 0.329. The summed E-state index contributed by atoms with van der Waals surface area (Å²) in [6, 6.07) is 3.93. The van der Waals surface area contributed by atoms with Gasteiger partial charge in [0, 0.05) is 5.69 Å². The van der Waals surface area contributed by atoms with Crippen LogP contribution in [0.3, 0.4) is 0 Å². The van der Waals surface area contributed by atoms with Gasteiger partial charge in [-0.1, -0.05) is 6.92 Å². The third-order valence-electron chi connectivity index (χ3n) is 4.05. The van der Waals surface area contributed by atoms with Crippen LogP contribution in [-0.2, 0) is 9.53 Å². The molecule has 0 aliphatic carbocycles. The number of rotatable bonds is 6. The molecule has 1 aromatic carbocycles. The van der Waals surface area contributed by atoms with E-state index < -0.39 is 23.3 Å². The molecule has 0 atom stereocenters. The number of carbonyl (C=O) groups excluding carboxylic acids is 4. The summed E-state index contributed by atoms with van der Waals surface area (Å²) >= 11 is 0. The molecule has 0 aromatic heterocycles. The van der Waals surface area contributed by atoms with Gasteiger partial charge in [0.15, 0.2) is 0 Å². The lowest BCUT2D eigenvalue weighted by Crippen LogP contribution is -2.34. The number of hydrogen-bond acceptors (Lipinski definition) is 5. The van der Waals surface area contributed by atoms with Gasteiger partial charge in [0.25, 0.3) is 11.8 Å². The number of hydrogen-bond donors (Lipinski definition) is 3. The molecule has 0 bridgehead atoms. The van der Waals surface area contributed by atoms with Crippen molar-refractivity contribution in [2.45, 2.75) is 27.2 Å². The Bertz CT molecular complexity index is 727. The number of carbonyl (C=O) groups is 4. The smallest absolute Gasteiger partial charge is 0.319 e. The Morgan fingerprint density at radius 3 is 2.52 bits per heavy atom. The minimum Gasteiger partial charge on any atom is -0.463 e. The molecule has 0 radical (unpaired) electrons. The number of anilines is 1. The van der Waals surface area contributed by atoms with E-state index in [1.165, 1.54) is 18.2 Å². The molecule has 1 aliphatic heterocycles. The molecule has 1 aliphatic rings. The normalized spacial score (nSPS) is 13.1. The zero-order chi connectivity index (χ0) is 18.6. The Hall–Kier alpha value is -2.90. The van der Waals surface area contributed by atoms with Gasteiger partial charge >= 0.3 is 12.0 Å². The fraction of sp³-hybridized carbons (Fsp3) is 0.412. The van der Waals surface area contributed by atoms with Crippen LogP contribution in [0.2, 0.25) is 0 Å². The molecular weight excluding hydrogens is 326 g/mol. The number of nitrogens with one attached hydrogen (secondary N) is 3. The summed E-state index contributed by atoms with van der Waals surface area (Å²) in [4.78, 5) is 46.7. The van der Waals surface area contributed by atoms with E-state index in [1.54, 1.807) is 13.8 Å². The third kappa shape index (κ3) is 4.34. The Morgan fingerprint density at radius 1 is 1.16 bits per heavy atom. The van der Waals surface area contributed by atoms with Gasteiger partial charge in [-0.25, -0.2) is 4.79 Å². The van der Waals surface area contributed by atoms with Crippen LogP contribution in [-0.4, -0.2) is 37.0 Å². The molecule has 0 unspecified atom stereocenters. The van der Waals surface area contributed by atoms with Crippen LogP contribution < -0.4 is 16.0 Å². The van der Waals surface area contributed by atoms with Crippen molar-refractivity contribution >= 4 is 29.5 Å². The van der Waals surface area contributed by atoms with Crippen molar-refractivity contribution < 1.29 is 23.9 Å². The molecule has 0 fully saturated rings. The number of amides is 4. The van der Waals surface area contributed by atoms with Crippen molar-refractivity contribution in [3.05, 3.63) is 29.3 Å². The highest BCUT2D eigenvalue weighted by molar-refractivity contribution is 6.22. The van der Waals surface area contributed by atoms with Crippen molar-refractivity contribution in [2.24, 2.45) is 5.41 Å². The van der Waals surface area contributed by atoms with E-state index in [4.69, 9.17) is 4.74 Å². The number of esters is 1. The Balaban J connectivity index is 1.80. The van der Waals surface area contributed by atoms with E-state index in [1.807, 2.05) is 6.92 Å². The van der Waals surface area contributed by atoms with Crippen LogP contribution in [0, 0.1) is 5.41 Å². The van der Waals surface area contributed by atoms with E-state index in [0.717, 1.165) is 0 Å². The van der Waals surface area contributed by atoms with Crippen molar-refractivity contribution in [3.8, 4) is 0 Å². The molecule has 0 spiro atoms. The maximum Gasteiger partial charge on any atom is 0.319 e. The van der Waals surface area contributed by atoms with Crippen LogP contribution in [0.1, 0.15) is 47.9 Å². The van der Waals surface area contributed by atoms with E-state index in [0.29, 0.717) is 12.1 Å². The number of benzene rings is 1. The Kier molecular flexibility index (Phi) is 5.41. The summed E-state index contributed by atoms with van der Waals surface area (Å²) in [7, 11) is 0. The molecule has 2 rings (SSSR count). The summed E-state index contributed by atoms with van der Waals surface area (Å²) in [6.07, 6.45) is 0.661. The van der Waals surface area contributed by atoms with E-state index in [9.17, 15) is 19.2 Å². The summed E-state index contributed by atoms with van der Waals surface area (Å²) in [5.74, 6) is -1.26. The minimum absolute atomic E-state index is 0.0662. The van der Waals surface area contributed by atoms with E-state index in [-0.39, 0.29) is 30.2 Å². The molecule has 25 heavy (non-hydrogen) atoms. The van der Waals surface area contributed by atoms with Gasteiger partial charge in [-0.3, -0.25) is 19.7 Å². The molecule has 8 heteroatoms. The standard InChI is InChI=1S/C17H21N3O5/c1-4-17(2,3)15(23)25-8-7-18-16(24)19-10-5-6-11-12(9-10)14(22)20-13(11)21/h5-6,9H,4,7-8H2,1-3H3,(H2,18,19,24)(H,20,21,22). The highest BCUT2D eigenvalue weighted by Gasteiger charge is 2.27. The first-order chi connectivity index (χ1) is 11.7. The van der Waals surface area contributed by atoms with E-state index in [2.05, 4.69) is 16.0 Å². The summed E-state index contributed by atoms with van der Waals surface area (Å²) in [5, 5.41) is 7.28. The number of ether oxygens (including phenoxy) is 1. The summed E-state index contributed by atoms with van der Waals surface area (Å²) < 4.78 is 5.11. The molecule has 1 aromatic rings. The highest BCUT2D eigenvalue weighted by atomic mass is 16.5. The number of fused-ring (bicyclic) bond motifs is 1. The van der Waals surface area contributed by atoms with Crippen LogP contribution >= 0.6 is 0 Å². The average Bonchev–Trinajstić information content (AvgIpc) is 2.85. The second kappa shape index (κ2) is 7.33. The molecule has 8 nitrogen and oxygen atoms in total. The largest absolute Gasteiger partial charge is 0.463 e. The predicted octanol–water partition coefficient (Wildman–Crippen LogP) is 1.67. The second-order valence-electron chi connectivity index (χ2n) is 6.30. The fourth-order valence-electron chi connectivity index (χ4n) is 2.07. The molecule has 4 amide bonds. The molecular formula is C17H21N3O5. The van der Waals surface area contributed by atoms with Crippen molar-refractivity contribution in [1.82, 2.24) is 10.6 Å². The average molecular weight is 347 g/mol. The number of urea groups is 1. The third-order valence-corrected chi connectivity index (χ3v) is 4.05. The first kappa shape index (κ1) is 18.4. The lowest BCUT2D eigenvalue weighted by molar-refractivity contribution is -0.153. The lowest BCUT2D eigenvalue weighted by atomic mass is 9.91. The second-order valence-corrected chi connectivity index (χ2v) is 6.30. The zero-order valence-electron chi connectivity index (χ0n) is 14.4. The topological polar surface area (TPSA) is 114 Å². The molecule has 1 heterocycles. The zero-order valence-corrected chi connectivity index (χ0v) is 14.4. The molecule has 134 valence electrons. The first-order valence-electron chi connectivity index (χ1n) is 7.96. The van der Waals surface area contributed by atoms with Crippen molar-refractivity contribution in [1.29, 1.82) is 0 Å². The van der Waals surface area contributed by atoms with Crippen LogP contribution in [0.25, 0.3) is 0 Å². The first-order valence-corrected chi connectivity index (χ1v) is 7.96. The van der Waals surface area contributed by atoms with E-state index >= 15 is 0 Å². The Labute approximate surface area is 145 Å². The van der Waals surface area contributed by atoms with Crippen molar-refractivity contribution in [3.63, 3.8) is 0 Å². The maximum atomic E-state index is 11.8. The van der Waals surface area contributed by atoms with Gasteiger partial charge in [0.05, 0.1) is 23.1 Å². The van der Waals surface area contributed by atoms with Gasteiger partial charge < -0.3 is 15.4 Å². The van der Waals surface area contributed by atoms with Crippen LogP contribution in [0.15, 0.2) is 18.2 Å². The van der Waals surface area contributed by atoms with Gasteiger partial charge in [-0.2, -0.15) is 0 Å². The SMILES string of the molecule is CCC(C)(C)C(=O)OCCNC(=O)Nc1ccc2c(c1)C(=O)NC2=O. The van der Waals surface area contributed by atoms with Gasteiger partial charge in [-0.15, -0.1) is 0 Å². The van der Waals surface area contributed by atoms with Crippen molar-refractivity contribution in [2.75, 3.05) is 18.5 Å². The number of imide groups is 1. The predicted molar refractivity (Wildman–Crippen MR) is 90.3 cm³/mol. The molecule has 0 saturated carbocycles. The van der Waals surface area contributed by atoms with Crippen LogP contribution in [0.4, 0.5) is 10.5 Å². The highest BCUT2D eigenvalue weighted by Crippen LogP contribution is 2.21. The quantitative estimate of drug-likeness (QED) is 0.411. The summed E-state index contributed by atoms with van der Waals surface area (Å²) in [6.45, 7) is 5.71. The van der Waals surface area contributed by atoms with Gasteiger partial charge in [-0.05, 0) is 38.5 Å². The minimum atomic E-state index is -0.551. The lowest BCUT2D eigenvalue weighted by Gasteiger charge is -2.20. The van der Waals surface area contributed by atoms with Gasteiger partial charge in [0.2, 0.25) is 0 Å². The fourth-order valence-corrected chi connectivity index (χ4v) is 2.07. The molecule has 0 saturated heterocycles. The Morgan fingerprint density at radius 2 is 1.84 bits per heavy atom. The maximum absolute atomic E-state index is 11.8. The van der Waals surface area contributed by atoms with Crippen LogP contribution in [0.5, 0.6) is 0 Å².